The summed E-state index contributed by atoms with van der Waals surface area (Å²) in [6, 6.07) is 13.4. The Kier molecular flexibility index (Phi) is 7.27. The van der Waals surface area contributed by atoms with Gasteiger partial charge in [0.2, 0.25) is 5.91 Å². The maximum absolute atomic E-state index is 11.9. The minimum atomic E-state index is -0.448. The van der Waals surface area contributed by atoms with Crippen LogP contribution >= 0.6 is 0 Å². The van der Waals surface area contributed by atoms with E-state index in [0.717, 1.165) is 5.56 Å². The molecule has 0 bridgehead atoms. The molecule has 8 heteroatoms. The molecule has 2 aromatic carbocycles. The summed E-state index contributed by atoms with van der Waals surface area (Å²) < 4.78 is 4.61. The van der Waals surface area contributed by atoms with Gasteiger partial charge in [-0.3, -0.25) is 9.59 Å². The Morgan fingerprint density at radius 3 is 1.93 bits per heavy atom. The number of nitrogens with zero attached hydrogens (tertiary/aromatic N) is 1. The maximum atomic E-state index is 11.9. The van der Waals surface area contributed by atoms with Gasteiger partial charge in [0.1, 0.15) is 0 Å². The Labute approximate surface area is 162 Å². The molecule has 8 nitrogen and oxygen atoms in total. The Hall–Kier alpha value is -3.68. The number of nitrogens with one attached hydrogen (secondary N) is 2. The summed E-state index contributed by atoms with van der Waals surface area (Å²) >= 11 is 0. The number of carbonyl (C=O) groups is 3. The van der Waals surface area contributed by atoms with Crippen LogP contribution in [0.2, 0.25) is 0 Å². The van der Waals surface area contributed by atoms with Gasteiger partial charge in [-0.2, -0.15) is 0 Å². The van der Waals surface area contributed by atoms with Gasteiger partial charge in [-0.25, -0.2) is 4.79 Å². The number of methoxy groups -OCH3 is 1. The summed E-state index contributed by atoms with van der Waals surface area (Å²) in [6.07, 6.45) is 0. The molecule has 2 rings (SSSR count). The van der Waals surface area contributed by atoms with Gasteiger partial charge in [0, 0.05) is 18.3 Å². The first kappa shape index (κ1) is 20.6. The van der Waals surface area contributed by atoms with Gasteiger partial charge in [-0.05, 0) is 48.9 Å². The molecule has 2 N–H and O–H groups in total. The highest BCUT2D eigenvalue weighted by Gasteiger charge is 2.07. The van der Waals surface area contributed by atoms with Crippen LogP contribution < -0.4 is 10.6 Å². The first-order chi connectivity index (χ1) is 13.4. The van der Waals surface area contributed by atoms with Gasteiger partial charge in [-0.15, -0.1) is 0 Å². The summed E-state index contributed by atoms with van der Waals surface area (Å²) in [5.41, 5.74) is 2.98. The molecule has 28 heavy (non-hydrogen) atoms. The molecular weight excluding hydrogens is 362 g/mol. The fraction of sp³-hybridized carbons (Fsp3) is 0.200. The molecule has 0 atom stereocenters. The van der Waals surface area contributed by atoms with Gasteiger partial charge < -0.3 is 20.2 Å². The van der Waals surface area contributed by atoms with Crippen molar-refractivity contribution in [1.29, 1.82) is 0 Å². The van der Waals surface area contributed by atoms with Crippen LogP contribution in [0.4, 0.5) is 11.4 Å². The molecule has 0 fully saturated rings. The van der Waals surface area contributed by atoms with Gasteiger partial charge in [0.05, 0.1) is 18.4 Å². The van der Waals surface area contributed by atoms with Gasteiger partial charge in [0.25, 0.3) is 5.91 Å². The van der Waals surface area contributed by atoms with E-state index in [1.54, 1.807) is 55.5 Å². The molecule has 0 saturated carbocycles. The number of anilines is 2. The van der Waals surface area contributed by atoms with E-state index >= 15 is 0 Å². The number of hydrogen-bond acceptors (Lipinski definition) is 6. The second-order valence-electron chi connectivity index (χ2n) is 5.83. The lowest BCUT2D eigenvalue weighted by Gasteiger charge is -2.06. The number of ether oxygens (including phenoxy) is 1. The zero-order valence-electron chi connectivity index (χ0n) is 15.8. The summed E-state index contributed by atoms with van der Waals surface area (Å²) in [5.74, 6) is -0.980. The Morgan fingerprint density at radius 2 is 1.39 bits per heavy atom. The summed E-state index contributed by atoms with van der Waals surface area (Å²) in [7, 11) is 1.30. The summed E-state index contributed by atoms with van der Waals surface area (Å²) in [6.45, 7) is 2.92. The number of oxime groups is 1. The minimum Gasteiger partial charge on any atom is -0.465 e. The number of hydrogen-bond donors (Lipinski definition) is 2. The van der Waals surface area contributed by atoms with E-state index < -0.39 is 5.97 Å². The molecule has 0 radical (unpaired) electrons. The SMILES string of the molecule is COC(=O)c1ccc(NC(=O)CO/N=C(\C)c2ccc(NC(C)=O)cc2)cc1. The van der Waals surface area contributed by atoms with Gasteiger partial charge >= 0.3 is 5.97 Å². The van der Waals surface area contributed by atoms with Crippen molar-refractivity contribution >= 4 is 34.9 Å². The zero-order valence-corrected chi connectivity index (χ0v) is 15.8. The zero-order chi connectivity index (χ0) is 20.5. The molecule has 0 unspecified atom stereocenters. The third-order valence-electron chi connectivity index (χ3n) is 3.61. The lowest BCUT2D eigenvalue weighted by Crippen LogP contribution is -2.17. The van der Waals surface area contributed by atoms with Crippen LogP contribution in [0.25, 0.3) is 0 Å². The fourth-order valence-corrected chi connectivity index (χ4v) is 2.24. The molecule has 0 heterocycles. The Morgan fingerprint density at radius 1 is 0.857 bits per heavy atom. The normalized spacial score (nSPS) is 10.8. The number of carbonyl (C=O) groups excluding carboxylic acids is 3. The second-order valence-corrected chi connectivity index (χ2v) is 5.83. The maximum Gasteiger partial charge on any atom is 0.337 e. The summed E-state index contributed by atoms with van der Waals surface area (Å²) in [5, 5.41) is 9.24. The fourth-order valence-electron chi connectivity index (χ4n) is 2.24. The quantitative estimate of drug-likeness (QED) is 0.434. The molecule has 0 aliphatic rings. The van der Waals surface area contributed by atoms with Crippen molar-refractivity contribution in [3.63, 3.8) is 0 Å². The lowest BCUT2D eigenvalue weighted by molar-refractivity contribution is -0.120. The summed E-state index contributed by atoms with van der Waals surface area (Å²) in [4.78, 5) is 39.4. The number of esters is 1. The monoisotopic (exact) mass is 383 g/mol. The van der Waals surface area contributed by atoms with Crippen LogP contribution in [0.1, 0.15) is 29.8 Å². The average molecular weight is 383 g/mol. The first-order valence-corrected chi connectivity index (χ1v) is 8.42. The van der Waals surface area contributed by atoms with Crippen molar-refractivity contribution in [3.8, 4) is 0 Å². The highest BCUT2D eigenvalue weighted by molar-refractivity contribution is 5.99. The van der Waals surface area contributed by atoms with Crippen molar-refractivity contribution in [2.75, 3.05) is 24.4 Å². The molecule has 146 valence electrons. The minimum absolute atomic E-state index is 0.146. The van der Waals surface area contributed by atoms with Crippen LogP contribution in [0.15, 0.2) is 53.7 Å². The predicted molar refractivity (Wildman–Crippen MR) is 105 cm³/mol. The molecule has 0 spiro atoms. The van der Waals surface area contributed by atoms with Crippen molar-refractivity contribution in [2.24, 2.45) is 5.16 Å². The smallest absolute Gasteiger partial charge is 0.337 e. The molecule has 0 aliphatic heterocycles. The highest BCUT2D eigenvalue weighted by Crippen LogP contribution is 2.12. The van der Waals surface area contributed by atoms with Crippen molar-refractivity contribution in [2.45, 2.75) is 13.8 Å². The van der Waals surface area contributed by atoms with E-state index in [1.165, 1.54) is 14.0 Å². The van der Waals surface area contributed by atoms with Gasteiger partial charge in [-0.1, -0.05) is 17.3 Å². The van der Waals surface area contributed by atoms with E-state index in [0.29, 0.717) is 22.6 Å². The van der Waals surface area contributed by atoms with Crippen molar-refractivity contribution in [1.82, 2.24) is 0 Å². The molecule has 0 aliphatic carbocycles. The van der Waals surface area contributed by atoms with Crippen LogP contribution in [0.5, 0.6) is 0 Å². The van der Waals surface area contributed by atoms with Crippen LogP contribution in [0, 0.1) is 0 Å². The van der Waals surface area contributed by atoms with Crippen LogP contribution in [0.3, 0.4) is 0 Å². The molecule has 0 saturated heterocycles. The second kappa shape index (κ2) is 9.86. The van der Waals surface area contributed by atoms with Crippen molar-refractivity contribution in [3.05, 3.63) is 59.7 Å². The largest absolute Gasteiger partial charge is 0.465 e. The Balaban J connectivity index is 1.84. The van der Waals surface area contributed by atoms with E-state index in [9.17, 15) is 14.4 Å². The number of rotatable bonds is 7. The number of amides is 2. The third kappa shape index (κ3) is 6.24. The van der Waals surface area contributed by atoms with Crippen LogP contribution in [-0.2, 0) is 19.2 Å². The van der Waals surface area contributed by atoms with E-state index in [4.69, 9.17) is 4.84 Å². The average Bonchev–Trinajstić information content (AvgIpc) is 2.68. The number of benzene rings is 2. The Bertz CT molecular complexity index is 874. The van der Waals surface area contributed by atoms with Gasteiger partial charge in [0.15, 0.2) is 6.61 Å². The molecule has 0 aromatic heterocycles. The third-order valence-corrected chi connectivity index (χ3v) is 3.61. The first-order valence-electron chi connectivity index (χ1n) is 8.42. The highest BCUT2D eigenvalue weighted by atomic mass is 16.6. The molecular formula is C20H21N3O5. The molecule has 2 amide bonds. The standard InChI is InChI=1S/C20H21N3O5/c1-13(15-4-8-17(9-5-15)21-14(2)24)23-28-12-19(25)22-18-10-6-16(7-11-18)20(26)27-3/h4-11H,12H2,1-3H3,(H,21,24)(H,22,25)/b23-13+. The van der Waals surface area contributed by atoms with Crippen LogP contribution in [-0.4, -0.2) is 37.2 Å². The lowest BCUT2D eigenvalue weighted by atomic mass is 10.1. The van der Waals surface area contributed by atoms with E-state index in [-0.39, 0.29) is 18.4 Å². The van der Waals surface area contributed by atoms with E-state index in [2.05, 4.69) is 20.5 Å². The predicted octanol–water partition coefficient (Wildman–Crippen LogP) is 2.81. The van der Waals surface area contributed by atoms with Crippen molar-refractivity contribution < 1.29 is 24.0 Å². The topological polar surface area (TPSA) is 106 Å². The van der Waals surface area contributed by atoms with E-state index in [1.807, 2.05) is 0 Å². The molecule has 2 aromatic rings.